The van der Waals surface area contributed by atoms with Gasteiger partial charge in [0.2, 0.25) is 0 Å². The highest BCUT2D eigenvalue weighted by Gasteiger charge is 2.31. The average Bonchev–Trinajstić information content (AvgIpc) is 2.45. The van der Waals surface area contributed by atoms with Gasteiger partial charge < -0.3 is 5.32 Å². The number of pyridine rings is 1. The third kappa shape index (κ3) is 4.25. The number of benzene rings is 1. The van der Waals surface area contributed by atoms with Crippen LogP contribution in [0.3, 0.4) is 0 Å². The van der Waals surface area contributed by atoms with Crippen LogP contribution in [0.1, 0.15) is 16.7 Å². The van der Waals surface area contributed by atoms with Crippen molar-refractivity contribution in [1.82, 2.24) is 4.98 Å². The van der Waals surface area contributed by atoms with E-state index in [2.05, 4.69) is 10.3 Å². The van der Waals surface area contributed by atoms with Crippen molar-refractivity contribution < 1.29 is 13.2 Å². The van der Waals surface area contributed by atoms with Crippen LogP contribution in [0.2, 0.25) is 5.02 Å². The summed E-state index contributed by atoms with van der Waals surface area (Å²) in [5.41, 5.74) is 1.07. The summed E-state index contributed by atoms with van der Waals surface area (Å²) < 4.78 is 37.5. The molecule has 1 heterocycles. The SMILES string of the molecule is FC(F)(F)c1cnc(NCc2ccc(CCl)cc2)c(Cl)c1. The van der Waals surface area contributed by atoms with Gasteiger partial charge in [0.15, 0.2) is 0 Å². The number of anilines is 1. The van der Waals surface area contributed by atoms with Crippen LogP contribution in [0, 0.1) is 0 Å². The van der Waals surface area contributed by atoms with E-state index in [1.54, 1.807) is 0 Å². The van der Waals surface area contributed by atoms with Crippen LogP contribution in [0.5, 0.6) is 0 Å². The van der Waals surface area contributed by atoms with Gasteiger partial charge in [0.1, 0.15) is 5.82 Å². The topological polar surface area (TPSA) is 24.9 Å². The van der Waals surface area contributed by atoms with Crippen LogP contribution >= 0.6 is 23.2 Å². The van der Waals surface area contributed by atoms with Crippen molar-refractivity contribution in [3.05, 3.63) is 58.2 Å². The van der Waals surface area contributed by atoms with Gasteiger partial charge in [-0.2, -0.15) is 13.2 Å². The molecule has 0 aliphatic carbocycles. The molecule has 0 saturated carbocycles. The van der Waals surface area contributed by atoms with Gasteiger partial charge in [0.05, 0.1) is 10.6 Å². The molecule has 0 unspecified atom stereocenters. The van der Waals surface area contributed by atoms with E-state index in [-0.39, 0.29) is 10.8 Å². The quantitative estimate of drug-likeness (QED) is 0.786. The Morgan fingerprint density at radius 3 is 2.24 bits per heavy atom. The number of halogens is 5. The molecule has 0 fully saturated rings. The van der Waals surface area contributed by atoms with E-state index in [0.717, 1.165) is 23.4 Å². The second-order valence-electron chi connectivity index (χ2n) is 4.36. The summed E-state index contributed by atoms with van der Waals surface area (Å²) in [6.45, 7) is 0.403. The number of hydrogen-bond donors (Lipinski definition) is 1. The second-order valence-corrected chi connectivity index (χ2v) is 5.03. The third-order valence-corrected chi connectivity index (χ3v) is 3.40. The van der Waals surface area contributed by atoms with E-state index in [1.807, 2.05) is 24.3 Å². The average molecular weight is 335 g/mol. The molecular weight excluding hydrogens is 324 g/mol. The summed E-state index contributed by atoms with van der Waals surface area (Å²) in [7, 11) is 0. The van der Waals surface area contributed by atoms with Crippen molar-refractivity contribution in [3.8, 4) is 0 Å². The zero-order chi connectivity index (χ0) is 15.5. The number of nitrogens with zero attached hydrogens (tertiary/aromatic N) is 1. The van der Waals surface area contributed by atoms with E-state index in [9.17, 15) is 13.2 Å². The first-order valence-electron chi connectivity index (χ1n) is 6.00. The highest BCUT2D eigenvalue weighted by atomic mass is 35.5. The summed E-state index contributed by atoms with van der Waals surface area (Å²) in [5.74, 6) is 0.645. The maximum atomic E-state index is 12.5. The summed E-state index contributed by atoms with van der Waals surface area (Å²) in [6, 6.07) is 8.37. The second kappa shape index (κ2) is 6.54. The van der Waals surface area contributed by atoms with Crippen LogP contribution in [0.25, 0.3) is 0 Å². The molecule has 2 rings (SSSR count). The Kier molecular flexibility index (Phi) is 4.96. The molecule has 1 aromatic carbocycles. The highest BCUT2D eigenvalue weighted by Crippen LogP contribution is 2.32. The van der Waals surface area contributed by atoms with Crippen LogP contribution in [-0.4, -0.2) is 4.98 Å². The summed E-state index contributed by atoms with van der Waals surface area (Å²) in [6.07, 6.45) is -3.70. The standard InChI is InChI=1S/C14H11Cl2F3N2/c15-6-9-1-3-10(4-2-9)7-20-13-12(16)5-11(8-21-13)14(17,18)19/h1-5,8H,6-7H2,(H,20,21). The van der Waals surface area contributed by atoms with Gasteiger partial charge in [-0.05, 0) is 17.2 Å². The lowest BCUT2D eigenvalue weighted by molar-refractivity contribution is -0.137. The Bertz CT molecular complexity index is 613. The first-order valence-corrected chi connectivity index (χ1v) is 6.92. The van der Waals surface area contributed by atoms with Crippen molar-refractivity contribution in [2.75, 3.05) is 5.32 Å². The van der Waals surface area contributed by atoms with Crippen LogP contribution in [0.15, 0.2) is 36.5 Å². The Labute approximate surface area is 129 Å². The fourth-order valence-electron chi connectivity index (χ4n) is 1.66. The van der Waals surface area contributed by atoms with Gasteiger partial charge in [-0.1, -0.05) is 35.9 Å². The smallest absolute Gasteiger partial charge is 0.365 e. The number of rotatable bonds is 4. The lowest BCUT2D eigenvalue weighted by Crippen LogP contribution is -2.08. The molecule has 0 bridgehead atoms. The fourth-order valence-corrected chi connectivity index (χ4v) is 2.07. The minimum absolute atomic E-state index is 0.0674. The van der Waals surface area contributed by atoms with E-state index < -0.39 is 11.7 Å². The van der Waals surface area contributed by atoms with Gasteiger partial charge in [-0.15, -0.1) is 11.6 Å². The molecular formula is C14H11Cl2F3N2. The van der Waals surface area contributed by atoms with Crippen LogP contribution in [0.4, 0.5) is 19.0 Å². The first kappa shape index (κ1) is 15.9. The summed E-state index contributed by atoms with van der Waals surface area (Å²) >= 11 is 11.5. The molecule has 0 atom stereocenters. The minimum Gasteiger partial charge on any atom is -0.365 e. The molecule has 7 heteroatoms. The predicted molar refractivity (Wildman–Crippen MR) is 77.6 cm³/mol. The molecule has 21 heavy (non-hydrogen) atoms. The zero-order valence-corrected chi connectivity index (χ0v) is 12.2. The summed E-state index contributed by atoms with van der Waals surface area (Å²) in [5, 5.41) is 2.83. The zero-order valence-electron chi connectivity index (χ0n) is 10.7. The van der Waals surface area contributed by atoms with E-state index in [4.69, 9.17) is 23.2 Å². The van der Waals surface area contributed by atoms with Gasteiger partial charge >= 0.3 is 6.18 Å². The normalized spacial score (nSPS) is 11.5. The van der Waals surface area contributed by atoms with Gasteiger partial charge in [0.25, 0.3) is 0 Å². The lowest BCUT2D eigenvalue weighted by Gasteiger charge is -2.11. The van der Waals surface area contributed by atoms with Crippen molar-refractivity contribution >= 4 is 29.0 Å². The molecule has 0 aliphatic rings. The van der Waals surface area contributed by atoms with Crippen molar-refractivity contribution in [2.24, 2.45) is 0 Å². The van der Waals surface area contributed by atoms with Crippen molar-refractivity contribution in [3.63, 3.8) is 0 Å². The number of alkyl halides is 4. The third-order valence-electron chi connectivity index (χ3n) is 2.81. The first-order chi connectivity index (χ1) is 9.90. The number of aromatic nitrogens is 1. The molecule has 2 aromatic rings. The maximum Gasteiger partial charge on any atom is 0.417 e. The lowest BCUT2D eigenvalue weighted by atomic mass is 10.1. The summed E-state index contributed by atoms with van der Waals surface area (Å²) in [4.78, 5) is 3.71. The Hall–Kier alpha value is -1.46. The van der Waals surface area contributed by atoms with Crippen LogP contribution in [-0.2, 0) is 18.6 Å². The fraction of sp³-hybridized carbons (Fsp3) is 0.214. The number of hydrogen-bond acceptors (Lipinski definition) is 2. The van der Waals surface area contributed by atoms with Gasteiger partial charge in [-0.3, -0.25) is 0 Å². The molecule has 112 valence electrons. The Morgan fingerprint density at radius 2 is 1.71 bits per heavy atom. The minimum atomic E-state index is -4.45. The van der Waals surface area contributed by atoms with E-state index >= 15 is 0 Å². The largest absolute Gasteiger partial charge is 0.417 e. The highest BCUT2D eigenvalue weighted by molar-refractivity contribution is 6.32. The van der Waals surface area contributed by atoms with Crippen LogP contribution < -0.4 is 5.32 Å². The Morgan fingerprint density at radius 1 is 1.10 bits per heavy atom. The molecule has 2 nitrogen and oxygen atoms in total. The molecule has 1 N–H and O–H groups in total. The number of nitrogens with one attached hydrogen (secondary N) is 1. The van der Waals surface area contributed by atoms with E-state index in [0.29, 0.717) is 12.4 Å². The molecule has 0 radical (unpaired) electrons. The molecule has 1 aromatic heterocycles. The molecule has 0 amide bonds. The van der Waals surface area contributed by atoms with Gasteiger partial charge in [-0.25, -0.2) is 4.98 Å². The molecule has 0 aliphatic heterocycles. The van der Waals surface area contributed by atoms with Crippen molar-refractivity contribution in [2.45, 2.75) is 18.6 Å². The predicted octanol–water partition coefficient (Wildman–Crippen LogP) is 5.10. The Balaban J connectivity index is 2.06. The van der Waals surface area contributed by atoms with Crippen molar-refractivity contribution in [1.29, 1.82) is 0 Å². The monoisotopic (exact) mass is 334 g/mol. The molecule has 0 spiro atoms. The molecule has 0 saturated heterocycles. The van der Waals surface area contributed by atoms with Gasteiger partial charge in [0, 0.05) is 18.6 Å². The van der Waals surface area contributed by atoms with E-state index in [1.165, 1.54) is 0 Å². The maximum absolute atomic E-state index is 12.5.